The molecule has 0 aliphatic heterocycles. The summed E-state index contributed by atoms with van der Waals surface area (Å²) in [6, 6.07) is 1.11. The Morgan fingerprint density at radius 3 is 2.45 bits per heavy atom. The lowest BCUT2D eigenvalue weighted by Crippen LogP contribution is -2.40. The fraction of sp³-hybridized carbons (Fsp3) is 0.615. The molecule has 4 nitrogen and oxygen atoms in total. The molecule has 0 aliphatic carbocycles. The summed E-state index contributed by atoms with van der Waals surface area (Å²) in [5.41, 5.74) is 0.599. The molecule has 22 heavy (non-hydrogen) atoms. The second-order valence-corrected chi connectivity index (χ2v) is 8.09. The summed E-state index contributed by atoms with van der Waals surface area (Å²) in [6.07, 6.45) is -3.11. The highest BCUT2D eigenvalue weighted by Gasteiger charge is 2.30. The second-order valence-electron chi connectivity index (χ2n) is 5.68. The molecule has 126 valence electrons. The number of nitrogens with zero attached hydrogens (tertiary/aromatic N) is 1. The predicted molar refractivity (Wildman–Crippen MR) is 80.2 cm³/mol. The molecule has 0 spiro atoms. The average molecular weight is 359 g/mol. The Bertz CT molecular complexity index is 509. The third kappa shape index (κ3) is 6.20. The lowest BCUT2D eigenvalue weighted by Gasteiger charge is -2.26. The van der Waals surface area contributed by atoms with Gasteiger partial charge in [0.2, 0.25) is 5.88 Å². The topological polar surface area (TPSA) is 57.2 Å². The Balaban J connectivity index is 2.76. The summed E-state index contributed by atoms with van der Waals surface area (Å²) < 4.78 is 55.3. The van der Waals surface area contributed by atoms with E-state index in [1.54, 1.807) is 6.92 Å². The van der Waals surface area contributed by atoms with Crippen molar-refractivity contribution in [1.29, 1.82) is 0 Å². The molecular formula is C13H18ClF3N2O2S. The Kier molecular flexibility index (Phi) is 6.37. The van der Waals surface area contributed by atoms with Crippen LogP contribution in [-0.4, -0.2) is 27.1 Å². The Morgan fingerprint density at radius 1 is 1.41 bits per heavy atom. The molecule has 1 aromatic heterocycles. The zero-order chi connectivity index (χ0) is 17.1. The van der Waals surface area contributed by atoms with Crippen LogP contribution in [0.5, 0.6) is 5.88 Å². The van der Waals surface area contributed by atoms with Gasteiger partial charge in [0.1, 0.15) is 9.77 Å². The quantitative estimate of drug-likeness (QED) is 0.814. The van der Waals surface area contributed by atoms with Crippen LogP contribution < -0.4 is 9.46 Å². The number of rotatable bonds is 5. The van der Waals surface area contributed by atoms with Gasteiger partial charge in [-0.2, -0.15) is 13.2 Å². The maximum atomic E-state index is 12.1. The molecule has 0 unspecified atom stereocenters. The molecule has 0 saturated carbocycles. The van der Waals surface area contributed by atoms with Crippen LogP contribution in [0.15, 0.2) is 12.3 Å². The third-order valence-electron chi connectivity index (χ3n) is 2.54. The Hall–Kier alpha value is -0.700. The first-order valence-electron chi connectivity index (χ1n) is 6.43. The van der Waals surface area contributed by atoms with Crippen LogP contribution in [0.1, 0.15) is 39.3 Å². The number of hydrogen-bond acceptors (Lipinski definition) is 4. The van der Waals surface area contributed by atoms with E-state index in [0.717, 1.165) is 0 Å². The van der Waals surface area contributed by atoms with Crippen LogP contribution in [0.25, 0.3) is 0 Å². The van der Waals surface area contributed by atoms with Crippen LogP contribution >= 0.6 is 11.6 Å². The first-order valence-corrected chi connectivity index (χ1v) is 7.96. The normalized spacial score (nSPS) is 15.5. The number of pyridine rings is 1. The number of alkyl halides is 3. The van der Waals surface area contributed by atoms with Gasteiger partial charge in [-0.25, -0.2) is 4.98 Å². The van der Waals surface area contributed by atoms with Gasteiger partial charge in [-0.3, -0.25) is 0 Å². The van der Waals surface area contributed by atoms with Gasteiger partial charge in [0, 0.05) is 17.6 Å². The van der Waals surface area contributed by atoms with Crippen molar-refractivity contribution in [2.45, 2.75) is 44.7 Å². The van der Waals surface area contributed by atoms with E-state index in [0.29, 0.717) is 5.56 Å². The highest BCUT2D eigenvalue weighted by molar-refractivity contribution is 7.90. The third-order valence-corrected chi connectivity index (χ3v) is 4.49. The molecule has 0 bridgehead atoms. The van der Waals surface area contributed by atoms with E-state index >= 15 is 0 Å². The average Bonchev–Trinajstić information content (AvgIpc) is 2.34. The molecule has 0 saturated heterocycles. The molecule has 2 atom stereocenters. The zero-order valence-corrected chi connectivity index (χ0v) is 14.2. The van der Waals surface area contributed by atoms with Crippen molar-refractivity contribution < 1.29 is 22.5 Å². The van der Waals surface area contributed by atoms with E-state index in [2.05, 4.69) is 14.4 Å². The fourth-order valence-electron chi connectivity index (χ4n) is 1.34. The van der Waals surface area contributed by atoms with Crippen molar-refractivity contribution in [2.24, 2.45) is 0 Å². The van der Waals surface area contributed by atoms with Gasteiger partial charge in [0.25, 0.3) is 0 Å². The number of aromatic nitrogens is 1. The molecule has 1 aromatic rings. The van der Waals surface area contributed by atoms with Crippen LogP contribution in [0, 0.1) is 0 Å². The van der Waals surface area contributed by atoms with E-state index in [4.69, 9.17) is 11.6 Å². The molecule has 0 fully saturated rings. The standard InChI is InChI=1S/C13H18ClF3N2O2S/c1-8(19-22(20)12(2,3)4)9-5-10(14)11(18-6-9)21-7-13(15,16)17/h5-6,8,19H,7H2,1-4H3/t8-,22-/m1/s1. The van der Waals surface area contributed by atoms with Crippen molar-refractivity contribution in [1.82, 2.24) is 9.71 Å². The Morgan fingerprint density at radius 2 is 2.00 bits per heavy atom. The monoisotopic (exact) mass is 358 g/mol. The van der Waals surface area contributed by atoms with Gasteiger partial charge >= 0.3 is 6.18 Å². The maximum Gasteiger partial charge on any atom is 0.422 e. The van der Waals surface area contributed by atoms with Crippen molar-refractivity contribution in [2.75, 3.05) is 6.61 Å². The highest BCUT2D eigenvalue weighted by Crippen LogP contribution is 2.28. The van der Waals surface area contributed by atoms with Gasteiger partial charge in [-0.05, 0) is 39.3 Å². The fourth-order valence-corrected chi connectivity index (χ4v) is 2.38. The minimum absolute atomic E-state index is 0.0306. The minimum Gasteiger partial charge on any atom is -0.598 e. The highest BCUT2D eigenvalue weighted by atomic mass is 35.5. The van der Waals surface area contributed by atoms with Crippen molar-refractivity contribution in [3.8, 4) is 5.88 Å². The molecule has 0 aromatic carbocycles. The summed E-state index contributed by atoms with van der Waals surface area (Å²) in [5, 5.41) is -0.0306. The van der Waals surface area contributed by atoms with E-state index in [1.165, 1.54) is 12.3 Å². The molecular weight excluding hydrogens is 341 g/mol. The zero-order valence-electron chi connectivity index (χ0n) is 12.6. The first-order chi connectivity index (χ1) is 9.90. The van der Waals surface area contributed by atoms with Crippen LogP contribution in [-0.2, 0) is 11.4 Å². The lowest BCUT2D eigenvalue weighted by atomic mass is 10.2. The Labute approximate surface area is 135 Å². The SMILES string of the molecule is C[C@@H](N[S@+]([O-])C(C)(C)C)c1cnc(OCC(F)(F)F)c(Cl)c1. The first kappa shape index (κ1) is 19.3. The molecule has 1 N–H and O–H groups in total. The van der Waals surface area contributed by atoms with Crippen molar-refractivity contribution >= 4 is 23.0 Å². The van der Waals surface area contributed by atoms with E-state index in [9.17, 15) is 17.7 Å². The van der Waals surface area contributed by atoms with E-state index < -0.39 is 28.9 Å². The summed E-state index contributed by atoms with van der Waals surface area (Å²) in [7, 11) is 0. The second kappa shape index (κ2) is 7.25. The van der Waals surface area contributed by atoms with Gasteiger partial charge in [0.15, 0.2) is 6.61 Å². The van der Waals surface area contributed by atoms with E-state index in [-0.39, 0.29) is 16.9 Å². The lowest BCUT2D eigenvalue weighted by molar-refractivity contribution is -0.154. The summed E-state index contributed by atoms with van der Waals surface area (Å²) in [5.74, 6) is -0.285. The van der Waals surface area contributed by atoms with Crippen molar-refractivity contribution in [3.63, 3.8) is 0 Å². The summed E-state index contributed by atoms with van der Waals surface area (Å²) >= 11 is 4.57. The van der Waals surface area contributed by atoms with Gasteiger partial charge < -0.3 is 9.29 Å². The molecule has 0 aliphatic rings. The van der Waals surface area contributed by atoms with Crippen LogP contribution in [0.4, 0.5) is 13.2 Å². The van der Waals surface area contributed by atoms with Gasteiger partial charge in [0.05, 0.1) is 6.04 Å². The minimum atomic E-state index is -4.46. The molecule has 0 amide bonds. The van der Waals surface area contributed by atoms with Gasteiger partial charge in [-0.15, -0.1) is 4.72 Å². The molecule has 0 radical (unpaired) electrons. The van der Waals surface area contributed by atoms with Crippen molar-refractivity contribution in [3.05, 3.63) is 22.8 Å². The predicted octanol–water partition coefficient (Wildman–Crippen LogP) is 3.79. The molecule has 1 heterocycles. The van der Waals surface area contributed by atoms with Gasteiger partial charge in [-0.1, -0.05) is 11.6 Å². The number of halogens is 4. The summed E-state index contributed by atoms with van der Waals surface area (Å²) in [4.78, 5) is 3.78. The van der Waals surface area contributed by atoms with E-state index in [1.807, 2.05) is 20.8 Å². The summed E-state index contributed by atoms with van der Waals surface area (Å²) in [6.45, 7) is 5.76. The maximum absolute atomic E-state index is 12.1. The number of ether oxygens (including phenoxy) is 1. The molecule has 1 rings (SSSR count). The largest absolute Gasteiger partial charge is 0.598 e. The number of nitrogens with one attached hydrogen (secondary N) is 1. The smallest absolute Gasteiger partial charge is 0.422 e. The van der Waals surface area contributed by atoms with Crippen LogP contribution in [0.2, 0.25) is 5.02 Å². The number of hydrogen-bond donors (Lipinski definition) is 1. The van der Waals surface area contributed by atoms with Crippen LogP contribution in [0.3, 0.4) is 0 Å². The molecule has 9 heteroatoms.